The van der Waals surface area contributed by atoms with Crippen LogP contribution in [0, 0.1) is 44.6 Å². The number of carbonyl (C=O) groups excluding carboxylic acids is 2. The Bertz CT molecular complexity index is 4060. The largest absolute Gasteiger partial charge is 2.00 e. The average molecular weight is 1530 g/mol. The smallest absolute Gasteiger partial charge is 1.00 e. The number of nitro benzene ring substituents is 1. The van der Waals surface area contributed by atoms with Crippen LogP contribution >= 0.6 is 15.3 Å². The Morgan fingerprint density at radius 1 is 0.686 bits per heavy atom. The number of nitro groups is 1. The molecular formula is C69H91ClMgN12O20P2. The number of non-ortho nitro benzene ring substituents is 1. The van der Waals surface area contributed by atoms with Gasteiger partial charge in [0.1, 0.15) is 108 Å². The molecule has 0 radical (unpaired) electrons. The predicted molar refractivity (Wildman–Crippen MR) is 380 cm³/mol. The minimum atomic E-state index is -4.09. The first-order chi connectivity index (χ1) is 48.8. The summed E-state index contributed by atoms with van der Waals surface area (Å²) in [6, 6.07) is 30.8. The van der Waals surface area contributed by atoms with Crippen molar-refractivity contribution in [2.24, 2.45) is 5.92 Å². The van der Waals surface area contributed by atoms with Crippen molar-refractivity contribution >= 4 is 78.7 Å². The molecule has 5 fully saturated rings. The molecule has 0 amide bonds. The second-order valence-electron chi connectivity index (χ2n) is 25.2. The van der Waals surface area contributed by atoms with Gasteiger partial charge in [-0.15, -0.1) is 0 Å². The number of carbonyl (C=O) groups is 2. The molecule has 2 unspecified atom stereocenters. The van der Waals surface area contributed by atoms with Gasteiger partial charge in [-0.05, 0) is 132 Å². The molecule has 4 aromatic heterocycles. The number of aliphatic hydroxyl groups is 5. The molecule has 0 spiro atoms. The van der Waals surface area contributed by atoms with Crippen molar-refractivity contribution < 1.29 is 103 Å². The fourth-order valence-electron chi connectivity index (χ4n) is 11.5. The summed E-state index contributed by atoms with van der Waals surface area (Å²) < 4.78 is 80.1. The van der Waals surface area contributed by atoms with Crippen LogP contribution in [0.5, 0.6) is 17.2 Å². The minimum Gasteiger partial charge on any atom is -1.00 e. The Hall–Kier alpha value is -7.66. The van der Waals surface area contributed by atoms with Crippen molar-refractivity contribution in [3.63, 3.8) is 0 Å². The number of benzene rings is 3. The monoisotopic (exact) mass is 1530 g/mol. The van der Waals surface area contributed by atoms with Gasteiger partial charge in [0, 0.05) is 25.3 Å². The molecule has 3 aliphatic heterocycles. The van der Waals surface area contributed by atoms with E-state index in [2.05, 4.69) is 46.0 Å². The molecule has 7 heterocycles. The Morgan fingerprint density at radius 3 is 1.54 bits per heavy atom. The third kappa shape index (κ3) is 22.9. The van der Waals surface area contributed by atoms with Crippen LogP contribution in [0.2, 0.25) is 0 Å². The first-order valence-corrected chi connectivity index (χ1v) is 36.5. The number of aliphatic hydroxyl groups excluding tert-OH is 5. The Kier molecular flexibility index (Phi) is 34.3. The molecule has 3 saturated heterocycles. The number of nitrogens with two attached hydrogens (primary N) is 2. The van der Waals surface area contributed by atoms with Crippen molar-refractivity contribution in [3.8, 4) is 29.4 Å². The summed E-state index contributed by atoms with van der Waals surface area (Å²) in [5.41, 5.74) is 8.73. The van der Waals surface area contributed by atoms with Gasteiger partial charge in [0.25, 0.3) is 5.69 Å². The zero-order valence-electron chi connectivity index (χ0n) is 58.2. The Labute approximate surface area is 630 Å². The zero-order chi connectivity index (χ0) is 73.8. The maximum Gasteiger partial charge on any atom is 2.00 e. The van der Waals surface area contributed by atoms with Crippen LogP contribution in [0.25, 0.3) is 11.0 Å². The number of aromatic nitrogens is 6. The predicted octanol–water partition coefficient (Wildman–Crippen LogP) is 5.40. The summed E-state index contributed by atoms with van der Waals surface area (Å²) in [5, 5.41) is 92.4. The molecule has 3 aromatic carbocycles. The summed E-state index contributed by atoms with van der Waals surface area (Å²) in [6.45, 7) is 10.3. The number of rotatable bonds is 21. The van der Waals surface area contributed by atoms with Crippen molar-refractivity contribution in [1.29, 1.82) is 10.5 Å². The zero-order valence-corrected chi connectivity index (χ0v) is 62.1. The second kappa shape index (κ2) is 40.9. The number of para-hydroxylation sites is 2. The van der Waals surface area contributed by atoms with E-state index in [1.807, 2.05) is 12.1 Å². The van der Waals surface area contributed by atoms with Crippen LogP contribution in [-0.2, 0) is 58.1 Å². The van der Waals surface area contributed by atoms with Crippen LogP contribution in [-0.4, -0.2) is 182 Å². The van der Waals surface area contributed by atoms with Gasteiger partial charge in [-0.3, -0.25) is 24.2 Å². The molecule has 32 nitrogen and oxygen atoms in total. The topological polar surface area (TPSA) is 468 Å². The van der Waals surface area contributed by atoms with Gasteiger partial charge in [-0.1, -0.05) is 57.2 Å². The number of nitriles is 2. The van der Waals surface area contributed by atoms with E-state index < -0.39 is 105 Å². The van der Waals surface area contributed by atoms with Crippen LogP contribution in [0.15, 0.2) is 122 Å². The quantitative estimate of drug-likeness (QED) is 0.0111. The number of halogens is 1. The third-order valence-corrected chi connectivity index (χ3v) is 20.3. The van der Waals surface area contributed by atoms with E-state index in [4.69, 9.17) is 53.2 Å². The van der Waals surface area contributed by atoms with E-state index in [1.165, 1.54) is 83.8 Å². The van der Waals surface area contributed by atoms with E-state index in [-0.39, 0.29) is 107 Å². The van der Waals surface area contributed by atoms with Crippen LogP contribution in [0.3, 0.4) is 0 Å². The molecule has 566 valence electrons. The number of nitrogens with one attached hydrogen (secondary N) is 1. The average Bonchev–Trinajstić information content (AvgIpc) is 1.59. The molecule has 36 heteroatoms. The van der Waals surface area contributed by atoms with E-state index in [1.54, 1.807) is 79.7 Å². The fraction of sp³-hybridized carbons (Fsp3) is 0.493. The minimum absolute atomic E-state index is 0. The standard InChI is InChI=1S/C27H32N5O8P.C21H25N2O7P.C12H13N5O4.C4H8O.C4H9.CH4.ClH.Mg/c1-17(26(35)38-18-7-5-6-8-18)14-41(36,40-19-9-3-2-4-10-19)37-13-21-23(33)24(34)27(15-28,39-21)22-12-11-20-25(29)30-16-31-32(20)22;1-16(21(24)28-18-8-4-2-5-9-18)22-31(27,29-19-10-6-3-7-11-19)30-20-14-12-17(13-15-20)23(25)26;13-4-12(10(20)9(19)7(3-18)21-12)8-2-1-6-11(14)15-5-16-17(6)8;1-2-4-5-3-1;1-4(2)3;;;/h2-4,9-12,16-18,21,23-24,33-34H,5-8,13-14H2,1H3,(H2,29,30,31);3,6-7,10-16,18H,2,4-5,8-9H2,1H3,(H,22,27);1-2,5,7,9-10,18-20H,3H2,(H2,14,15,16);1-4H2;1-3H3;1H4;1H;/q;;;;-1;;;+2/p-1/t17-,21-,23-,24-,27+,41?;16-,31?;7-,9-,10-,12+;;;;;/m101...../s1. The molecule has 7 aromatic rings. The summed E-state index contributed by atoms with van der Waals surface area (Å²) in [7, 11) is -8.14. The van der Waals surface area contributed by atoms with Crippen LogP contribution in [0.1, 0.15) is 124 Å². The van der Waals surface area contributed by atoms with Crippen molar-refractivity contribution in [1.82, 2.24) is 34.3 Å². The number of nitrogen functional groups attached to an aromatic ring is 2. The molecule has 2 aliphatic carbocycles. The van der Waals surface area contributed by atoms with E-state index in [0.717, 1.165) is 71.0 Å². The molecule has 5 aliphatic rings. The molecule has 105 heavy (non-hydrogen) atoms. The number of nitrogens with zero attached hydrogens (tertiary/aromatic N) is 9. The van der Waals surface area contributed by atoms with Gasteiger partial charge in [0.15, 0.2) is 11.6 Å². The molecule has 10 N–H and O–H groups in total. The molecular weight excluding hydrogens is 1440 g/mol. The molecule has 12 atom stereocenters. The van der Waals surface area contributed by atoms with Gasteiger partial charge in [-0.25, -0.2) is 28.1 Å². The summed E-state index contributed by atoms with van der Waals surface area (Å²) in [6.07, 6.45) is 4.10. The normalized spacial score (nSPS) is 23.5. The van der Waals surface area contributed by atoms with Crippen molar-refractivity contribution in [2.75, 3.05) is 44.1 Å². The molecule has 0 bridgehead atoms. The summed E-state index contributed by atoms with van der Waals surface area (Å²) >= 11 is 0. The maximum absolute atomic E-state index is 14.0. The third-order valence-electron chi connectivity index (χ3n) is 16.7. The second-order valence-corrected chi connectivity index (χ2v) is 28.9. The first kappa shape index (κ1) is 88.0. The van der Waals surface area contributed by atoms with Crippen molar-refractivity contribution in [2.45, 2.75) is 179 Å². The van der Waals surface area contributed by atoms with Gasteiger partial charge in [0.05, 0.1) is 41.6 Å². The van der Waals surface area contributed by atoms with Gasteiger partial charge in [-0.2, -0.15) is 46.6 Å². The molecule has 12 rings (SSSR count). The number of fused-ring (bicyclic) bond motifs is 2. The van der Waals surface area contributed by atoms with E-state index in [9.17, 15) is 64.9 Å². The number of anilines is 2. The van der Waals surface area contributed by atoms with Crippen LogP contribution in [0.4, 0.5) is 17.3 Å². The number of hydrogen-bond donors (Lipinski definition) is 8. The molecule has 2 saturated carbocycles. The number of hydrogen-bond acceptors (Lipinski definition) is 28. The van der Waals surface area contributed by atoms with Gasteiger partial charge >= 0.3 is 50.3 Å². The SMILES string of the molecule is C.C1CCOC1.C[C-](C)C.C[C@H](CP(=O)(OC[C@H]1O[C@@](C#N)(c2ccc3c(N)ncnn23)[C@H](O)[C@@H]1O)Oc1ccccc1)C(=O)OC1CCCC1.C[C@H](NP(=O)(Oc1ccccc1)Oc1ccc([N+](=O)[O-])cc1)C(=O)OC1CCCCC1.N#C[C@@]1(c2ccc3c(N)ncnn23)O[C@H](CO)[C@@H](O)[C@H]1O.[Cl-].[Mg+2]. The van der Waals surface area contributed by atoms with Gasteiger partial charge < -0.3 is 92.6 Å². The van der Waals surface area contributed by atoms with E-state index >= 15 is 0 Å². The first-order valence-electron chi connectivity index (χ1n) is 33.3. The summed E-state index contributed by atoms with van der Waals surface area (Å²) in [5.74, 6) is 0.510. The maximum atomic E-state index is 14.0. The summed E-state index contributed by atoms with van der Waals surface area (Å²) in [4.78, 5) is 43.3. The number of ether oxygens (including phenoxy) is 5. The van der Waals surface area contributed by atoms with E-state index in [0.29, 0.717) is 11.0 Å². The fourth-order valence-corrected chi connectivity index (χ4v) is 14.9. The Balaban J connectivity index is 0.000000273. The van der Waals surface area contributed by atoms with Crippen molar-refractivity contribution in [3.05, 3.63) is 149 Å². The van der Waals surface area contributed by atoms with Crippen LogP contribution < -0.4 is 42.5 Å². The Morgan fingerprint density at radius 2 is 1.11 bits per heavy atom. The number of esters is 2. The van der Waals surface area contributed by atoms with Gasteiger partial charge in [0.2, 0.25) is 11.2 Å².